The summed E-state index contributed by atoms with van der Waals surface area (Å²) in [6.45, 7) is 5.23. The van der Waals surface area contributed by atoms with Gasteiger partial charge in [0.2, 0.25) is 0 Å². The fraction of sp³-hybridized carbons (Fsp3) is 0.583. The topological polar surface area (TPSA) is 71.8 Å². The van der Waals surface area contributed by atoms with E-state index in [2.05, 4.69) is 26.9 Å². The summed E-state index contributed by atoms with van der Waals surface area (Å²) in [5, 5.41) is 13.0. The van der Waals surface area contributed by atoms with Gasteiger partial charge >= 0.3 is 6.03 Å². The van der Waals surface area contributed by atoms with Crippen molar-refractivity contribution in [3.63, 3.8) is 0 Å². The molecule has 18 heavy (non-hydrogen) atoms. The summed E-state index contributed by atoms with van der Waals surface area (Å²) in [5.74, 6) is 2.77. The molecule has 0 bridgehead atoms. The number of aryl methyl sites for hydroxylation is 1. The van der Waals surface area contributed by atoms with E-state index in [4.69, 9.17) is 6.42 Å². The maximum atomic E-state index is 11.5. The van der Waals surface area contributed by atoms with Crippen LogP contribution < -0.4 is 10.6 Å². The van der Waals surface area contributed by atoms with E-state index in [-0.39, 0.29) is 18.0 Å². The fourth-order valence-corrected chi connectivity index (χ4v) is 1.39. The van der Waals surface area contributed by atoms with Crippen LogP contribution >= 0.6 is 0 Å². The van der Waals surface area contributed by atoms with Gasteiger partial charge < -0.3 is 10.6 Å². The molecular formula is C12H19N5O. The molecule has 0 aliphatic rings. The lowest BCUT2D eigenvalue weighted by Crippen LogP contribution is -2.44. The number of nitrogens with zero attached hydrogens (tertiary/aromatic N) is 3. The third-order valence-corrected chi connectivity index (χ3v) is 2.45. The minimum absolute atomic E-state index is 0.218. The Hall–Kier alpha value is -2.03. The van der Waals surface area contributed by atoms with Gasteiger partial charge in [-0.2, -0.15) is 0 Å². The molecule has 2 amide bonds. The van der Waals surface area contributed by atoms with Gasteiger partial charge in [-0.15, -0.1) is 11.5 Å². The summed E-state index contributed by atoms with van der Waals surface area (Å²) < 4.78 is 1.72. The molecule has 1 unspecified atom stereocenters. The average Bonchev–Trinajstić information content (AvgIpc) is 2.84. The van der Waals surface area contributed by atoms with Crippen molar-refractivity contribution >= 4 is 6.03 Å². The van der Waals surface area contributed by atoms with Gasteiger partial charge in [0.25, 0.3) is 0 Å². The molecule has 0 fully saturated rings. The number of aromatic nitrogens is 3. The monoisotopic (exact) mass is 249 g/mol. The third kappa shape index (κ3) is 4.87. The summed E-state index contributed by atoms with van der Waals surface area (Å²) in [5.41, 5.74) is 0. The second-order valence-electron chi connectivity index (χ2n) is 4.31. The van der Waals surface area contributed by atoms with Crippen molar-refractivity contribution in [2.45, 2.75) is 32.9 Å². The molecule has 0 radical (unpaired) electrons. The van der Waals surface area contributed by atoms with E-state index in [1.54, 1.807) is 17.1 Å². The van der Waals surface area contributed by atoms with Crippen LogP contribution in [0.2, 0.25) is 0 Å². The molecule has 98 valence electrons. The van der Waals surface area contributed by atoms with Crippen LogP contribution in [-0.4, -0.2) is 33.6 Å². The number of hydrogen-bond acceptors (Lipinski definition) is 3. The van der Waals surface area contributed by atoms with Crippen molar-refractivity contribution in [3.8, 4) is 12.3 Å². The zero-order valence-electron chi connectivity index (χ0n) is 10.8. The molecule has 0 spiro atoms. The van der Waals surface area contributed by atoms with Gasteiger partial charge in [-0.3, -0.25) is 4.68 Å². The average molecular weight is 249 g/mol. The van der Waals surface area contributed by atoms with Gasteiger partial charge in [-0.25, -0.2) is 4.79 Å². The summed E-state index contributed by atoms with van der Waals surface area (Å²) in [4.78, 5) is 11.5. The van der Waals surface area contributed by atoms with Gasteiger partial charge in [0.05, 0.1) is 12.2 Å². The molecule has 0 saturated carbocycles. The molecule has 1 aromatic rings. The lowest BCUT2D eigenvalue weighted by atomic mass is 10.1. The Morgan fingerprint density at radius 2 is 2.33 bits per heavy atom. The van der Waals surface area contributed by atoms with Crippen molar-refractivity contribution in [1.29, 1.82) is 0 Å². The smallest absolute Gasteiger partial charge is 0.315 e. The number of terminal acetylenes is 1. The summed E-state index contributed by atoms with van der Waals surface area (Å²) in [6, 6.07) is -0.467. The highest BCUT2D eigenvalue weighted by molar-refractivity contribution is 5.74. The first-order valence-corrected chi connectivity index (χ1v) is 5.98. The van der Waals surface area contributed by atoms with Crippen LogP contribution in [0.5, 0.6) is 0 Å². The second-order valence-corrected chi connectivity index (χ2v) is 4.31. The van der Waals surface area contributed by atoms with Crippen LogP contribution in [0.3, 0.4) is 0 Å². The number of carbonyl (C=O) groups is 1. The predicted molar refractivity (Wildman–Crippen MR) is 68.6 cm³/mol. The summed E-state index contributed by atoms with van der Waals surface area (Å²) in [7, 11) is 0. The van der Waals surface area contributed by atoms with Crippen molar-refractivity contribution in [3.05, 3.63) is 12.4 Å². The lowest BCUT2D eigenvalue weighted by molar-refractivity contribution is 0.236. The van der Waals surface area contributed by atoms with E-state index in [0.29, 0.717) is 6.54 Å². The Bertz CT molecular complexity index is 393. The molecule has 6 heteroatoms. The van der Waals surface area contributed by atoms with Gasteiger partial charge in [-0.1, -0.05) is 25.0 Å². The largest absolute Gasteiger partial charge is 0.338 e. The van der Waals surface area contributed by atoms with Crippen LogP contribution in [0.15, 0.2) is 12.4 Å². The predicted octanol–water partition coefficient (Wildman–Crippen LogP) is 0.625. The zero-order valence-corrected chi connectivity index (χ0v) is 10.8. The Kier molecular flexibility index (Phi) is 5.71. The van der Waals surface area contributed by atoms with E-state index >= 15 is 0 Å². The minimum Gasteiger partial charge on any atom is -0.338 e. The van der Waals surface area contributed by atoms with Crippen LogP contribution in [0.4, 0.5) is 4.79 Å². The molecular weight excluding hydrogens is 230 g/mol. The lowest BCUT2D eigenvalue weighted by Gasteiger charge is -2.16. The molecule has 1 rings (SSSR count). The van der Waals surface area contributed by atoms with Crippen LogP contribution in [0, 0.1) is 18.3 Å². The summed E-state index contributed by atoms with van der Waals surface area (Å²) >= 11 is 0. The van der Waals surface area contributed by atoms with Crippen LogP contribution in [0.1, 0.15) is 20.3 Å². The molecule has 6 nitrogen and oxygen atoms in total. The number of nitrogens with one attached hydrogen (secondary N) is 2. The van der Waals surface area contributed by atoms with Gasteiger partial charge in [0, 0.05) is 19.3 Å². The molecule has 2 N–H and O–H groups in total. The first-order valence-electron chi connectivity index (χ1n) is 5.98. The van der Waals surface area contributed by atoms with Crippen molar-refractivity contribution in [2.24, 2.45) is 5.92 Å². The maximum absolute atomic E-state index is 11.5. The zero-order chi connectivity index (χ0) is 13.4. The SMILES string of the molecule is C#CC(NC(=O)NCCCn1ccnn1)C(C)C. The molecule has 1 atom stereocenters. The number of rotatable bonds is 6. The minimum atomic E-state index is -0.236. The van der Waals surface area contributed by atoms with E-state index in [0.717, 1.165) is 13.0 Å². The van der Waals surface area contributed by atoms with Crippen molar-refractivity contribution in [1.82, 2.24) is 25.6 Å². The first kappa shape index (κ1) is 14.0. The van der Waals surface area contributed by atoms with E-state index in [9.17, 15) is 4.79 Å². The van der Waals surface area contributed by atoms with Gasteiger partial charge in [0.15, 0.2) is 0 Å². The number of carbonyl (C=O) groups excluding carboxylic acids is 1. The Morgan fingerprint density at radius 1 is 1.56 bits per heavy atom. The van der Waals surface area contributed by atoms with Crippen molar-refractivity contribution in [2.75, 3.05) is 6.54 Å². The van der Waals surface area contributed by atoms with E-state index in [1.807, 2.05) is 13.8 Å². The first-order chi connectivity index (χ1) is 8.63. The molecule has 1 aromatic heterocycles. The van der Waals surface area contributed by atoms with E-state index < -0.39 is 0 Å². The van der Waals surface area contributed by atoms with Gasteiger partial charge in [-0.05, 0) is 12.3 Å². The van der Waals surface area contributed by atoms with Gasteiger partial charge in [0.1, 0.15) is 0 Å². The normalized spacial score (nSPS) is 11.9. The highest BCUT2D eigenvalue weighted by atomic mass is 16.2. The third-order valence-electron chi connectivity index (χ3n) is 2.45. The Morgan fingerprint density at radius 3 is 2.89 bits per heavy atom. The van der Waals surface area contributed by atoms with Crippen molar-refractivity contribution < 1.29 is 4.79 Å². The molecule has 1 heterocycles. The number of amides is 2. The molecule has 0 aliphatic carbocycles. The molecule has 0 saturated heterocycles. The fourth-order valence-electron chi connectivity index (χ4n) is 1.39. The Balaban J connectivity index is 2.15. The summed E-state index contributed by atoms with van der Waals surface area (Å²) in [6.07, 6.45) is 9.53. The maximum Gasteiger partial charge on any atom is 0.315 e. The molecule has 0 aliphatic heterocycles. The molecule has 0 aromatic carbocycles. The highest BCUT2D eigenvalue weighted by Crippen LogP contribution is 1.99. The number of urea groups is 1. The van der Waals surface area contributed by atoms with E-state index in [1.165, 1.54) is 0 Å². The number of hydrogen-bond donors (Lipinski definition) is 2. The second kappa shape index (κ2) is 7.33. The highest BCUT2D eigenvalue weighted by Gasteiger charge is 2.12. The van der Waals surface area contributed by atoms with Crippen LogP contribution in [-0.2, 0) is 6.54 Å². The quantitative estimate of drug-likeness (QED) is 0.573. The Labute approximate surface area is 107 Å². The van der Waals surface area contributed by atoms with Crippen LogP contribution in [0.25, 0.3) is 0 Å². The standard InChI is InChI=1S/C12H19N5O/c1-4-11(10(2)3)15-12(18)13-6-5-8-17-9-7-14-16-17/h1,7,9-11H,5-6,8H2,2-3H3,(H2,13,15,18).